The molecule has 2 amide bonds. The molecular weight excluding hydrogens is 450 g/mol. The first-order valence-electron chi connectivity index (χ1n) is 10.4. The number of halogens is 1. The quantitative estimate of drug-likeness (QED) is 0.368. The molecule has 5 N–H and O–H groups in total. The number of aromatic amines is 1. The number of aromatic nitrogens is 1. The number of hydrogen-bond donors (Lipinski definition) is 5. The Kier molecular flexibility index (Phi) is 6.85. The van der Waals surface area contributed by atoms with Gasteiger partial charge in [0.15, 0.2) is 6.10 Å². The Morgan fingerprint density at radius 2 is 1.82 bits per heavy atom. The second kappa shape index (κ2) is 9.80. The van der Waals surface area contributed by atoms with E-state index in [1.165, 1.54) is 4.90 Å². The van der Waals surface area contributed by atoms with Crippen LogP contribution in [0.3, 0.4) is 0 Å². The number of carbonyl (C=O) groups is 2. The number of hydrogen-bond acceptors (Lipinski definition) is 6. The number of fused-ring (bicyclic) bond motifs is 1. The molecule has 0 radical (unpaired) electrons. The van der Waals surface area contributed by atoms with Crippen LogP contribution < -0.4 is 10.1 Å². The Morgan fingerprint density at radius 1 is 1.12 bits per heavy atom. The van der Waals surface area contributed by atoms with Crippen LogP contribution in [0.15, 0.2) is 54.6 Å². The van der Waals surface area contributed by atoms with E-state index in [4.69, 9.17) is 16.3 Å². The molecule has 1 fully saturated rings. The van der Waals surface area contributed by atoms with Gasteiger partial charge in [0.1, 0.15) is 0 Å². The molecule has 33 heavy (non-hydrogen) atoms. The van der Waals surface area contributed by atoms with Crippen LogP contribution in [0.5, 0.6) is 5.88 Å². The molecule has 1 aliphatic rings. The summed E-state index contributed by atoms with van der Waals surface area (Å²) in [5.74, 6) is -0.526. The van der Waals surface area contributed by atoms with Gasteiger partial charge in [-0.15, -0.1) is 0 Å². The minimum atomic E-state index is -1.61. The maximum atomic E-state index is 12.8. The Hall–Kier alpha value is -3.11. The summed E-state index contributed by atoms with van der Waals surface area (Å²) in [6, 6.07) is 14.8. The zero-order valence-electron chi connectivity index (χ0n) is 17.5. The van der Waals surface area contributed by atoms with Crippen LogP contribution in [-0.2, 0) is 11.2 Å². The van der Waals surface area contributed by atoms with Crippen molar-refractivity contribution in [2.75, 3.05) is 13.1 Å². The van der Waals surface area contributed by atoms with E-state index in [-0.39, 0.29) is 25.4 Å². The van der Waals surface area contributed by atoms with Gasteiger partial charge in [0, 0.05) is 35.1 Å². The summed E-state index contributed by atoms with van der Waals surface area (Å²) in [5.41, 5.74) is 1.51. The number of β-amino-alcohol motifs (C(OH)–C–C–N with tert-alkyl or cyclic N) is 2. The van der Waals surface area contributed by atoms with Gasteiger partial charge in [-0.1, -0.05) is 41.9 Å². The highest BCUT2D eigenvalue weighted by Crippen LogP contribution is 2.24. The highest BCUT2D eigenvalue weighted by atomic mass is 35.5. The van der Waals surface area contributed by atoms with Gasteiger partial charge in [0.2, 0.25) is 5.88 Å². The number of nitrogens with zero attached hydrogens (tertiary/aromatic N) is 1. The number of H-pyrrole nitrogens is 1. The normalized spacial score (nSPS) is 19.9. The highest BCUT2D eigenvalue weighted by Gasteiger charge is 2.38. The summed E-state index contributed by atoms with van der Waals surface area (Å²) in [6.45, 7) is -0.200. The smallest absolute Gasteiger partial charge is 0.393 e. The zero-order chi connectivity index (χ0) is 23.5. The molecular formula is C23H24ClN3O6. The van der Waals surface area contributed by atoms with Gasteiger partial charge in [-0.3, -0.25) is 4.79 Å². The SMILES string of the molecule is O=C(N[C@@H](Cc1ccccc1)[C@@H](O)C(=O)N1C[C@H](O)[C@@H](O)C1)Oc1cc2cc(Cl)ccc2[nH]1. The van der Waals surface area contributed by atoms with E-state index in [9.17, 15) is 24.9 Å². The fraction of sp³-hybridized carbons (Fsp3) is 0.304. The van der Waals surface area contributed by atoms with E-state index in [0.29, 0.717) is 5.02 Å². The van der Waals surface area contributed by atoms with E-state index in [2.05, 4.69) is 10.3 Å². The average Bonchev–Trinajstić information content (AvgIpc) is 3.34. The summed E-state index contributed by atoms with van der Waals surface area (Å²) in [6.07, 6.45) is -4.48. The molecule has 1 aliphatic heterocycles. The van der Waals surface area contributed by atoms with Crippen LogP contribution >= 0.6 is 11.6 Å². The van der Waals surface area contributed by atoms with E-state index in [0.717, 1.165) is 16.5 Å². The predicted octanol–water partition coefficient (Wildman–Crippen LogP) is 1.45. The standard InChI is InChI=1S/C23H24ClN3O6/c24-15-6-7-16-14(9-15)10-20(25-16)33-23(32)26-17(8-13-4-2-1-3-5-13)21(30)22(31)27-11-18(28)19(29)12-27/h1-7,9-10,17-19,21,25,28-30H,8,11-12H2,(H,26,32)/t17-,18-,19-,21+/m0/s1. The van der Waals surface area contributed by atoms with Crippen molar-refractivity contribution in [3.05, 3.63) is 65.2 Å². The molecule has 2 aromatic carbocycles. The molecule has 4 rings (SSSR count). The third-order valence-corrected chi connectivity index (χ3v) is 5.80. The molecule has 9 nitrogen and oxygen atoms in total. The third kappa shape index (κ3) is 5.45. The number of carbonyl (C=O) groups excluding carboxylic acids is 2. The maximum Gasteiger partial charge on any atom is 0.414 e. The first-order chi connectivity index (χ1) is 15.8. The summed E-state index contributed by atoms with van der Waals surface area (Å²) >= 11 is 5.99. The van der Waals surface area contributed by atoms with Gasteiger partial charge >= 0.3 is 6.09 Å². The largest absolute Gasteiger partial charge is 0.414 e. The molecule has 0 spiro atoms. The molecule has 1 saturated heterocycles. The Balaban J connectivity index is 1.48. The van der Waals surface area contributed by atoms with Gasteiger partial charge in [0.05, 0.1) is 18.2 Å². The molecule has 3 aromatic rings. The van der Waals surface area contributed by atoms with E-state index < -0.39 is 36.4 Å². The van der Waals surface area contributed by atoms with Crippen LogP contribution in [0.25, 0.3) is 10.9 Å². The summed E-state index contributed by atoms with van der Waals surface area (Å²) in [4.78, 5) is 29.5. The van der Waals surface area contributed by atoms with Crippen LogP contribution in [0, 0.1) is 0 Å². The topological polar surface area (TPSA) is 135 Å². The first kappa shape index (κ1) is 23.1. The second-order valence-electron chi connectivity index (χ2n) is 8.02. The molecule has 10 heteroatoms. The lowest BCUT2D eigenvalue weighted by atomic mass is 10.0. The van der Waals surface area contributed by atoms with Crippen molar-refractivity contribution in [1.29, 1.82) is 0 Å². The van der Waals surface area contributed by atoms with Crippen molar-refractivity contribution in [2.45, 2.75) is 30.8 Å². The molecule has 174 valence electrons. The van der Waals surface area contributed by atoms with Gasteiger partial charge in [-0.25, -0.2) is 4.79 Å². The molecule has 0 saturated carbocycles. The highest BCUT2D eigenvalue weighted by molar-refractivity contribution is 6.31. The zero-order valence-corrected chi connectivity index (χ0v) is 18.3. The fourth-order valence-electron chi connectivity index (χ4n) is 3.83. The van der Waals surface area contributed by atoms with Crippen molar-refractivity contribution in [3.8, 4) is 5.88 Å². The Morgan fingerprint density at radius 3 is 2.52 bits per heavy atom. The maximum absolute atomic E-state index is 12.8. The lowest BCUT2D eigenvalue weighted by Gasteiger charge is -2.26. The van der Waals surface area contributed by atoms with Crippen molar-refractivity contribution < 1.29 is 29.6 Å². The minimum Gasteiger partial charge on any atom is -0.393 e. The third-order valence-electron chi connectivity index (χ3n) is 5.57. The lowest BCUT2D eigenvalue weighted by Crippen LogP contribution is -2.53. The van der Waals surface area contributed by atoms with Crippen molar-refractivity contribution in [3.63, 3.8) is 0 Å². The second-order valence-corrected chi connectivity index (χ2v) is 8.45. The molecule has 1 aromatic heterocycles. The summed E-state index contributed by atoms with van der Waals surface area (Å²) in [5, 5.41) is 34.1. The fourth-order valence-corrected chi connectivity index (χ4v) is 4.01. The van der Waals surface area contributed by atoms with Crippen LogP contribution in [-0.4, -0.2) is 74.6 Å². The molecule has 0 bridgehead atoms. The minimum absolute atomic E-state index is 0.100. The van der Waals surface area contributed by atoms with Gasteiger partial charge in [-0.05, 0) is 30.2 Å². The number of benzene rings is 2. The lowest BCUT2D eigenvalue weighted by molar-refractivity contribution is -0.141. The number of likely N-dealkylation sites (tertiary alicyclic amines) is 1. The van der Waals surface area contributed by atoms with Gasteiger partial charge < -0.3 is 35.3 Å². The molecule has 0 aliphatic carbocycles. The van der Waals surface area contributed by atoms with E-state index in [1.807, 2.05) is 30.3 Å². The van der Waals surface area contributed by atoms with Gasteiger partial charge in [0.25, 0.3) is 5.91 Å². The molecule has 4 atom stereocenters. The van der Waals surface area contributed by atoms with E-state index in [1.54, 1.807) is 24.3 Å². The van der Waals surface area contributed by atoms with Gasteiger partial charge in [-0.2, -0.15) is 0 Å². The summed E-state index contributed by atoms with van der Waals surface area (Å²) in [7, 11) is 0. The van der Waals surface area contributed by atoms with Crippen LogP contribution in [0.1, 0.15) is 5.56 Å². The van der Waals surface area contributed by atoms with Crippen molar-refractivity contribution in [2.24, 2.45) is 0 Å². The molecule has 0 unspecified atom stereocenters. The predicted molar refractivity (Wildman–Crippen MR) is 121 cm³/mol. The number of aliphatic hydroxyl groups is 3. The average molecular weight is 474 g/mol. The van der Waals surface area contributed by atoms with Crippen LogP contribution in [0.2, 0.25) is 5.02 Å². The monoisotopic (exact) mass is 473 g/mol. The number of amides is 2. The number of aliphatic hydroxyl groups excluding tert-OH is 3. The number of nitrogens with one attached hydrogen (secondary N) is 2. The Labute approximate surface area is 194 Å². The number of ether oxygens (including phenoxy) is 1. The van der Waals surface area contributed by atoms with Crippen LogP contribution in [0.4, 0.5) is 4.79 Å². The first-order valence-corrected chi connectivity index (χ1v) is 10.8. The molecule has 2 heterocycles. The number of rotatable bonds is 6. The van der Waals surface area contributed by atoms with Crippen molar-refractivity contribution >= 4 is 34.5 Å². The van der Waals surface area contributed by atoms with E-state index >= 15 is 0 Å². The Bertz CT molecular complexity index is 1130. The van der Waals surface area contributed by atoms with Crippen molar-refractivity contribution in [1.82, 2.24) is 15.2 Å². The summed E-state index contributed by atoms with van der Waals surface area (Å²) < 4.78 is 5.33.